The average Bonchev–Trinajstić information content (AvgIpc) is 2.80. The third-order valence-corrected chi connectivity index (χ3v) is 8.24. The van der Waals surface area contributed by atoms with Crippen molar-refractivity contribution in [2.45, 2.75) is 84.1 Å². The first-order valence-electron chi connectivity index (χ1n) is 11.0. The number of carbonyl (C=O) groups is 2. The fourth-order valence-electron chi connectivity index (χ4n) is 5.63. The first-order valence-corrected chi connectivity index (χ1v) is 12.6. The molecule has 4 atom stereocenters. The molecule has 0 saturated heterocycles. The van der Waals surface area contributed by atoms with E-state index in [4.69, 9.17) is 14.0 Å². The van der Waals surface area contributed by atoms with Gasteiger partial charge >= 0.3 is 18.1 Å². The van der Waals surface area contributed by atoms with E-state index in [1.807, 2.05) is 6.92 Å². The minimum absolute atomic E-state index is 0.0313. The lowest BCUT2D eigenvalue weighted by molar-refractivity contribution is -0.223. The molecule has 4 unspecified atom stereocenters. The van der Waals surface area contributed by atoms with Crippen LogP contribution in [0.15, 0.2) is 0 Å². The van der Waals surface area contributed by atoms with E-state index in [0.717, 1.165) is 19.3 Å². The molecule has 0 aromatic carbocycles. The van der Waals surface area contributed by atoms with Gasteiger partial charge in [0.25, 0.3) is 10.1 Å². The quantitative estimate of drug-likeness (QED) is 0.431. The van der Waals surface area contributed by atoms with Crippen LogP contribution in [0.3, 0.4) is 0 Å². The van der Waals surface area contributed by atoms with E-state index in [1.165, 1.54) is 0 Å². The Bertz CT molecular complexity index is 838. The average molecular weight is 485 g/mol. The summed E-state index contributed by atoms with van der Waals surface area (Å²) in [6.45, 7) is 5.36. The number of hydrogen-bond acceptors (Lipinski definition) is 6. The second-order valence-corrected chi connectivity index (χ2v) is 12.0. The van der Waals surface area contributed by atoms with Crippen LogP contribution < -0.4 is 0 Å². The number of rotatable bonds is 7. The maximum atomic E-state index is 13.4. The summed E-state index contributed by atoms with van der Waals surface area (Å²) in [5.41, 5.74) is -2.00. The van der Waals surface area contributed by atoms with Crippen molar-refractivity contribution in [1.29, 1.82) is 0 Å². The number of halogens is 3. The van der Waals surface area contributed by atoms with Crippen molar-refractivity contribution in [2.75, 3.05) is 5.75 Å². The summed E-state index contributed by atoms with van der Waals surface area (Å²) in [5.74, 6) is -3.05. The van der Waals surface area contributed by atoms with Gasteiger partial charge in [-0.15, -0.1) is 0 Å². The molecule has 0 heterocycles. The van der Waals surface area contributed by atoms with Gasteiger partial charge in [-0.1, -0.05) is 6.92 Å². The Morgan fingerprint density at radius 3 is 2.12 bits per heavy atom. The summed E-state index contributed by atoms with van der Waals surface area (Å²) in [6.07, 6.45) is -5.16. The highest BCUT2D eigenvalue weighted by atomic mass is 32.2. The molecule has 0 aliphatic heterocycles. The molecule has 0 amide bonds. The van der Waals surface area contributed by atoms with Gasteiger partial charge in [-0.05, 0) is 70.1 Å². The van der Waals surface area contributed by atoms with Gasteiger partial charge in [-0.2, -0.15) is 21.6 Å². The van der Waals surface area contributed by atoms with Gasteiger partial charge in [-0.25, -0.2) is 0 Å². The zero-order chi connectivity index (χ0) is 24.1. The summed E-state index contributed by atoms with van der Waals surface area (Å²) in [4.78, 5) is 25.9. The molecule has 1 N–H and O–H groups in total. The van der Waals surface area contributed by atoms with Crippen molar-refractivity contribution in [1.82, 2.24) is 0 Å². The minimum atomic E-state index is -5.15. The second kappa shape index (κ2) is 8.45. The van der Waals surface area contributed by atoms with Crippen molar-refractivity contribution < 1.29 is 45.2 Å². The number of carbonyl (C=O) groups excluding carboxylic acids is 2. The lowest BCUT2D eigenvalue weighted by atomic mass is 9.61. The Morgan fingerprint density at radius 1 is 1.09 bits per heavy atom. The zero-order valence-corrected chi connectivity index (χ0v) is 19.3. The molecule has 0 radical (unpaired) electrons. The zero-order valence-electron chi connectivity index (χ0n) is 18.5. The van der Waals surface area contributed by atoms with Crippen LogP contribution in [-0.4, -0.2) is 49.0 Å². The van der Waals surface area contributed by atoms with Crippen molar-refractivity contribution >= 4 is 22.1 Å². The maximum absolute atomic E-state index is 13.4. The van der Waals surface area contributed by atoms with Gasteiger partial charge < -0.3 is 9.47 Å². The number of alkyl halides is 3. The second-order valence-electron chi connectivity index (χ2n) is 10.5. The summed E-state index contributed by atoms with van der Waals surface area (Å²) < 4.78 is 81.7. The minimum Gasteiger partial charge on any atom is -0.462 e. The van der Waals surface area contributed by atoms with Crippen LogP contribution in [0.5, 0.6) is 0 Å². The van der Waals surface area contributed by atoms with Crippen LogP contribution in [0.4, 0.5) is 13.2 Å². The van der Waals surface area contributed by atoms with E-state index in [1.54, 1.807) is 13.8 Å². The molecule has 4 bridgehead atoms. The van der Waals surface area contributed by atoms with Crippen molar-refractivity contribution in [3.8, 4) is 0 Å². The molecular weight excluding hydrogens is 453 g/mol. The van der Waals surface area contributed by atoms with Crippen molar-refractivity contribution in [3.05, 3.63) is 0 Å². The number of ether oxygens (including phenoxy) is 2. The van der Waals surface area contributed by atoms with E-state index in [-0.39, 0.29) is 24.2 Å². The highest BCUT2D eigenvalue weighted by Gasteiger charge is 2.58. The molecule has 4 aliphatic rings. The molecule has 7 nitrogen and oxygen atoms in total. The molecule has 4 fully saturated rings. The largest absolute Gasteiger partial charge is 0.462 e. The molecule has 32 heavy (non-hydrogen) atoms. The van der Waals surface area contributed by atoms with E-state index in [2.05, 4.69) is 0 Å². The predicted molar refractivity (Wildman–Crippen MR) is 107 cm³/mol. The van der Waals surface area contributed by atoms with Crippen molar-refractivity contribution in [3.63, 3.8) is 0 Å². The normalized spacial score (nSPS) is 33.5. The summed E-state index contributed by atoms with van der Waals surface area (Å²) in [6, 6.07) is 0. The van der Waals surface area contributed by atoms with E-state index in [0.29, 0.717) is 19.3 Å². The molecule has 184 valence electrons. The maximum Gasteiger partial charge on any atom is 0.426 e. The summed E-state index contributed by atoms with van der Waals surface area (Å²) >= 11 is 0. The Kier molecular flexibility index (Phi) is 6.67. The van der Waals surface area contributed by atoms with Crippen LogP contribution in [0.2, 0.25) is 0 Å². The monoisotopic (exact) mass is 484 g/mol. The van der Waals surface area contributed by atoms with Gasteiger partial charge in [-0.3, -0.25) is 14.1 Å². The van der Waals surface area contributed by atoms with Crippen LogP contribution in [-0.2, 0) is 29.2 Å². The van der Waals surface area contributed by atoms with Crippen molar-refractivity contribution in [2.24, 2.45) is 28.6 Å². The predicted octanol–water partition coefficient (Wildman–Crippen LogP) is 3.91. The van der Waals surface area contributed by atoms with Gasteiger partial charge in [0, 0.05) is 6.42 Å². The highest BCUT2D eigenvalue weighted by Crippen LogP contribution is 2.58. The van der Waals surface area contributed by atoms with Crippen LogP contribution in [0.1, 0.15) is 65.7 Å². The van der Waals surface area contributed by atoms with Gasteiger partial charge in [0.2, 0.25) is 6.10 Å². The van der Waals surface area contributed by atoms with Crippen LogP contribution in [0.25, 0.3) is 0 Å². The van der Waals surface area contributed by atoms with Gasteiger partial charge in [0.1, 0.15) is 11.9 Å². The van der Waals surface area contributed by atoms with Gasteiger partial charge in [0.05, 0.1) is 10.8 Å². The standard InChI is InChI=1S/C21H31F3O7S/c1-4-19(2,3)17(25)30-15-10-20(8-12-5-13(9-20)7-14(15)6-12)18(26)31-16(21(22,23)24)11-32(27,28)29/h12-16H,4-11H2,1-3H3,(H,27,28,29). The third kappa shape index (κ3) is 5.40. The van der Waals surface area contributed by atoms with E-state index < -0.39 is 57.0 Å². The SMILES string of the molecule is CCC(C)(C)C(=O)OC1CC2(C(=O)OC(CS(=O)(=O)O)C(F)(F)F)CC3CC(CC1C3)C2. The molecule has 0 aromatic heterocycles. The summed E-state index contributed by atoms with van der Waals surface area (Å²) in [5, 5.41) is 0. The van der Waals surface area contributed by atoms with Crippen LogP contribution in [0, 0.1) is 28.6 Å². The first-order chi connectivity index (χ1) is 14.5. The molecule has 0 spiro atoms. The summed E-state index contributed by atoms with van der Waals surface area (Å²) in [7, 11) is -5.03. The lowest BCUT2D eigenvalue weighted by Crippen LogP contribution is -2.47. The molecule has 4 rings (SSSR count). The van der Waals surface area contributed by atoms with Gasteiger partial charge in [0.15, 0.2) is 0 Å². The molecule has 4 aliphatic carbocycles. The fraction of sp³-hybridized carbons (Fsp3) is 0.905. The topological polar surface area (TPSA) is 107 Å². The number of fused-ring (bicyclic) bond motifs is 1. The third-order valence-electron chi connectivity index (χ3n) is 7.52. The first kappa shape index (κ1) is 25.3. The molecule has 11 heteroatoms. The lowest BCUT2D eigenvalue weighted by Gasteiger charge is -2.43. The fourth-order valence-corrected chi connectivity index (χ4v) is 6.27. The Morgan fingerprint density at radius 2 is 1.66 bits per heavy atom. The van der Waals surface area contributed by atoms with Crippen LogP contribution >= 0.6 is 0 Å². The Balaban J connectivity index is 1.86. The van der Waals surface area contributed by atoms with E-state index in [9.17, 15) is 31.2 Å². The number of hydrogen-bond donors (Lipinski definition) is 1. The highest BCUT2D eigenvalue weighted by molar-refractivity contribution is 7.85. The van der Waals surface area contributed by atoms with E-state index >= 15 is 0 Å². The smallest absolute Gasteiger partial charge is 0.426 e. The Labute approximate surface area is 186 Å². The Hall–Kier alpha value is -1.36. The molecular formula is C21H31F3O7S. The molecule has 0 aromatic rings. The molecule has 4 saturated carbocycles. The number of esters is 2.